The summed E-state index contributed by atoms with van der Waals surface area (Å²) in [5.74, 6) is 0. The van der Waals surface area contributed by atoms with Crippen LogP contribution in [0, 0.1) is 0 Å². The van der Waals surface area contributed by atoms with E-state index in [-0.39, 0.29) is 5.54 Å². The Bertz CT molecular complexity index is 213. The summed E-state index contributed by atoms with van der Waals surface area (Å²) < 4.78 is 5.64. The van der Waals surface area contributed by atoms with E-state index in [9.17, 15) is 0 Å². The van der Waals surface area contributed by atoms with E-state index >= 15 is 0 Å². The highest BCUT2D eigenvalue weighted by Gasteiger charge is 2.22. The average Bonchev–Trinajstić information content (AvgIpc) is 2.21. The molecule has 1 N–H and O–H groups in total. The Morgan fingerprint density at radius 2 is 1.94 bits per heavy atom. The summed E-state index contributed by atoms with van der Waals surface area (Å²) in [5.41, 5.74) is 0.251. The standard InChI is InChI=1S/C14H30N2O/c1-12-11-17-13(2)10-16(12)9-7-6-8-15-14(3,4)5/h12-13,15H,6-11H2,1-5H3. The van der Waals surface area contributed by atoms with Gasteiger partial charge in [0.2, 0.25) is 0 Å². The third-order valence-corrected chi connectivity index (χ3v) is 3.26. The first-order valence-electron chi connectivity index (χ1n) is 6.99. The minimum atomic E-state index is 0.251. The van der Waals surface area contributed by atoms with Crippen LogP contribution < -0.4 is 5.32 Å². The molecule has 0 aromatic rings. The van der Waals surface area contributed by atoms with Crippen LogP contribution >= 0.6 is 0 Å². The van der Waals surface area contributed by atoms with Gasteiger partial charge in [0.25, 0.3) is 0 Å². The summed E-state index contributed by atoms with van der Waals surface area (Å²) in [4.78, 5) is 2.56. The van der Waals surface area contributed by atoms with Crippen LogP contribution in [0.1, 0.15) is 47.5 Å². The van der Waals surface area contributed by atoms with Crippen molar-refractivity contribution in [1.82, 2.24) is 10.2 Å². The van der Waals surface area contributed by atoms with Gasteiger partial charge in [-0.05, 0) is 60.5 Å². The van der Waals surface area contributed by atoms with Crippen molar-refractivity contribution in [1.29, 1.82) is 0 Å². The van der Waals surface area contributed by atoms with Crippen LogP contribution in [-0.2, 0) is 4.74 Å². The molecule has 0 radical (unpaired) electrons. The minimum absolute atomic E-state index is 0.251. The zero-order valence-corrected chi connectivity index (χ0v) is 12.3. The molecule has 17 heavy (non-hydrogen) atoms. The van der Waals surface area contributed by atoms with Crippen LogP contribution in [0.4, 0.5) is 0 Å². The molecule has 1 fully saturated rings. The van der Waals surface area contributed by atoms with E-state index in [1.165, 1.54) is 19.4 Å². The van der Waals surface area contributed by atoms with Gasteiger partial charge in [0, 0.05) is 18.1 Å². The molecule has 3 nitrogen and oxygen atoms in total. The van der Waals surface area contributed by atoms with E-state index in [0.717, 1.165) is 19.7 Å². The number of nitrogens with zero attached hydrogens (tertiary/aromatic N) is 1. The number of hydrogen-bond donors (Lipinski definition) is 1. The number of ether oxygens (including phenoxy) is 1. The lowest BCUT2D eigenvalue weighted by Crippen LogP contribution is -2.47. The van der Waals surface area contributed by atoms with Crippen molar-refractivity contribution in [2.45, 2.75) is 65.1 Å². The van der Waals surface area contributed by atoms with Crippen molar-refractivity contribution in [3.8, 4) is 0 Å². The molecule has 3 heteroatoms. The number of hydrogen-bond acceptors (Lipinski definition) is 3. The topological polar surface area (TPSA) is 24.5 Å². The second-order valence-corrected chi connectivity index (χ2v) is 6.37. The van der Waals surface area contributed by atoms with Gasteiger partial charge in [-0.2, -0.15) is 0 Å². The molecule has 1 rings (SSSR count). The molecule has 0 bridgehead atoms. The predicted octanol–water partition coefficient (Wildman–Crippen LogP) is 2.26. The van der Waals surface area contributed by atoms with E-state index in [2.05, 4.69) is 44.8 Å². The quantitative estimate of drug-likeness (QED) is 0.749. The van der Waals surface area contributed by atoms with Crippen molar-refractivity contribution in [3.05, 3.63) is 0 Å². The minimum Gasteiger partial charge on any atom is -0.376 e. The Kier molecular flexibility index (Phi) is 5.90. The van der Waals surface area contributed by atoms with E-state index in [0.29, 0.717) is 12.1 Å². The normalized spacial score (nSPS) is 27.4. The molecule has 102 valence electrons. The largest absolute Gasteiger partial charge is 0.376 e. The maximum absolute atomic E-state index is 5.64. The van der Waals surface area contributed by atoms with Crippen LogP contribution in [0.5, 0.6) is 0 Å². The van der Waals surface area contributed by atoms with Crippen LogP contribution in [-0.4, -0.2) is 48.8 Å². The number of unbranched alkanes of at least 4 members (excludes halogenated alkanes) is 1. The molecule has 0 spiro atoms. The highest BCUT2D eigenvalue weighted by Crippen LogP contribution is 2.12. The molecule has 1 heterocycles. The van der Waals surface area contributed by atoms with Gasteiger partial charge in [0.05, 0.1) is 12.7 Å². The van der Waals surface area contributed by atoms with E-state index in [4.69, 9.17) is 4.74 Å². The lowest BCUT2D eigenvalue weighted by Gasteiger charge is -2.36. The Balaban J connectivity index is 2.09. The van der Waals surface area contributed by atoms with Gasteiger partial charge in [-0.25, -0.2) is 0 Å². The molecule has 1 aliphatic heterocycles. The maximum Gasteiger partial charge on any atom is 0.0674 e. The Morgan fingerprint density at radius 3 is 2.59 bits per heavy atom. The van der Waals surface area contributed by atoms with Crippen molar-refractivity contribution in [2.75, 3.05) is 26.2 Å². The summed E-state index contributed by atoms with van der Waals surface area (Å²) in [7, 11) is 0. The van der Waals surface area contributed by atoms with Crippen LogP contribution in [0.15, 0.2) is 0 Å². The Hall–Kier alpha value is -0.120. The van der Waals surface area contributed by atoms with Crippen LogP contribution in [0.2, 0.25) is 0 Å². The molecule has 2 atom stereocenters. The zero-order valence-electron chi connectivity index (χ0n) is 12.3. The van der Waals surface area contributed by atoms with Gasteiger partial charge in [0.1, 0.15) is 0 Å². The van der Waals surface area contributed by atoms with Gasteiger partial charge >= 0.3 is 0 Å². The first kappa shape index (κ1) is 14.9. The molecule has 0 aromatic carbocycles. The highest BCUT2D eigenvalue weighted by atomic mass is 16.5. The van der Waals surface area contributed by atoms with E-state index < -0.39 is 0 Å². The van der Waals surface area contributed by atoms with Crippen molar-refractivity contribution >= 4 is 0 Å². The molecule has 1 saturated heterocycles. The fourth-order valence-corrected chi connectivity index (χ4v) is 2.19. The molecule has 2 unspecified atom stereocenters. The predicted molar refractivity (Wildman–Crippen MR) is 73.4 cm³/mol. The Labute approximate surface area is 107 Å². The Morgan fingerprint density at radius 1 is 1.24 bits per heavy atom. The summed E-state index contributed by atoms with van der Waals surface area (Å²) >= 11 is 0. The molecule has 0 aliphatic carbocycles. The van der Waals surface area contributed by atoms with Crippen LogP contribution in [0.3, 0.4) is 0 Å². The molecular weight excluding hydrogens is 212 g/mol. The first-order valence-corrected chi connectivity index (χ1v) is 6.99. The van der Waals surface area contributed by atoms with Gasteiger partial charge in [-0.3, -0.25) is 4.90 Å². The molecule has 0 aromatic heterocycles. The van der Waals surface area contributed by atoms with Crippen LogP contribution in [0.25, 0.3) is 0 Å². The summed E-state index contributed by atoms with van der Waals surface area (Å²) in [6.07, 6.45) is 2.94. The highest BCUT2D eigenvalue weighted by molar-refractivity contribution is 4.75. The monoisotopic (exact) mass is 242 g/mol. The van der Waals surface area contributed by atoms with Crippen molar-refractivity contribution in [2.24, 2.45) is 0 Å². The molecular formula is C14H30N2O. The molecule has 0 saturated carbocycles. The van der Waals surface area contributed by atoms with Gasteiger partial charge in [-0.15, -0.1) is 0 Å². The smallest absolute Gasteiger partial charge is 0.0674 e. The van der Waals surface area contributed by atoms with Crippen molar-refractivity contribution in [3.63, 3.8) is 0 Å². The number of nitrogens with one attached hydrogen (secondary N) is 1. The first-order chi connectivity index (χ1) is 7.88. The van der Waals surface area contributed by atoms with E-state index in [1.807, 2.05) is 0 Å². The SMILES string of the molecule is CC1CN(CCCCNC(C)(C)C)C(C)CO1. The molecule has 1 aliphatic rings. The third-order valence-electron chi connectivity index (χ3n) is 3.26. The summed E-state index contributed by atoms with van der Waals surface area (Å²) in [6, 6.07) is 0.585. The maximum atomic E-state index is 5.64. The third kappa shape index (κ3) is 6.39. The van der Waals surface area contributed by atoms with Gasteiger partial charge < -0.3 is 10.1 Å². The number of morpholine rings is 1. The zero-order chi connectivity index (χ0) is 12.9. The number of rotatable bonds is 5. The molecule has 0 amide bonds. The second kappa shape index (κ2) is 6.72. The van der Waals surface area contributed by atoms with E-state index in [1.54, 1.807) is 0 Å². The van der Waals surface area contributed by atoms with Gasteiger partial charge in [0.15, 0.2) is 0 Å². The fraction of sp³-hybridized carbons (Fsp3) is 1.00. The average molecular weight is 242 g/mol. The van der Waals surface area contributed by atoms with Crippen molar-refractivity contribution < 1.29 is 4.74 Å². The summed E-state index contributed by atoms with van der Waals surface area (Å²) in [6.45, 7) is 15.4. The lowest BCUT2D eigenvalue weighted by molar-refractivity contribution is -0.0496. The lowest BCUT2D eigenvalue weighted by atomic mass is 10.1. The fourth-order valence-electron chi connectivity index (χ4n) is 2.19. The second-order valence-electron chi connectivity index (χ2n) is 6.37. The summed E-state index contributed by atoms with van der Waals surface area (Å²) in [5, 5.41) is 3.54. The van der Waals surface area contributed by atoms with Gasteiger partial charge in [-0.1, -0.05) is 0 Å².